The van der Waals surface area contributed by atoms with E-state index < -0.39 is 5.60 Å². The Labute approximate surface area is 94.1 Å². The zero-order valence-corrected chi connectivity index (χ0v) is 9.93. The van der Waals surface area contributed by atoms with Gasteiger partial charge in [-0.1, -0.05) is 13.0 Å². The number of hydrogen-bond acceptors (Lipinski definition) is 3. The minimum absolute atomic E-state index is 0.0359. The molecule has 1 atom stereocenters. The second-order valence-corrected chi connectivity index (χ2v) is 4.92. The quantitative estimate of drug-likeness (QED) is 0.802. The summed E-state index contributed by atoms with van der Waals surface area (Å²) in [5, 5.41) is 14.4. The van der Waals surface area contributed by atoms with Gasteiger partial charge >= 0.3 is 0 Å². The van der Waals surface area contributed by atoms with E-state index in [-0.39, 0.29) is 5.91 Å². The largest absolute Gasteiger partial charge is 0.388 e. The molecule has 1 aromatic rings. The van der Waals surface area contributed by atoms with E-state index in [2.05, 4.69) is 5.32 Å². The molecular weight excluding hydrogens is 210 g/mol. The standard InChI is InChI=1S/C11H17NO2S/c1-3-11(2,14)8-12-10(13)7-9-5-4-6-15-9/h4-6,14H,3,7-8H2,1-2H3,(H,12,13). The van der Waals surface area contributed by atoms with Gasteiger partial charge in [0.15, 0.2) is 0 Å². The van der Waals surface area contributed by atoms with E-state index in [1.165, 1.54) is 0 Å². The minimum atomic E-state index is -0.800. The van der Waals surface area contributed by atoms with Gasteiger partial charge in [-0.3, -0.25) is 4.79 Å². The second kappa shape index (κ2) is 5.28. The summed E-state index contributed by atoms with van der Waals surface area (Å²) in [6.45, 7) is 3.93. The Morgan fingerprint density at radius 1 is 1.67 bits per heavy atom. The van der Waals surface area contributed by atoms with Gasteiger partial charge in [-0.05, 0) is 24.8 Å². The molecule has 1 aromatic heterocycles. The van der Waals surface area contributed by atoms with Crippen molar-refractivity contribution in [3.63, 3.8) is 0 Å². The highest BCUT2D eigenvalue weighted by molar-refractivity contribution is 7.10. The van der Waals surface area contributed by atoms with Crippen LogP contribution in [0.2, 0.25) is 0 Å². The lowest BCUT2D eigenvalue weighted by molar-refractivity contribution is -0.121. The lowest BCUT2D eigenvalue weighted by atomic mass is 10.0. The van der Waals surface area contributed by atoms with Gasteiger partial charge in [0.2, 0.25) is 5.91 Å². The number of carbonyl (C=O) groups excluding carboxylic acids is 1. The van der Waals surface area contributed by atoms with Crippen molar-refractivity contribution in [2.45, 2.75) is 32.3 Å². The highest BCUT2D eigenvalue weighted by Crippen LogP contribution is 2.09. The van der Waals surface area contributed by atoms with Gasteiger partial charge in [0.1, 0.15) is 0 Å². The van der Waals surface area contributed by atoms with Crippen molar-refractivity contribution in [2.75, 3.05) is 6.54 Å². The first-order valence-corrected chi connectivity index (χ1v) is 5.93. The Kier molecular flexibility index (Phi) is 4.29. The van der Waals surface area contributed by atoms with Crippen LogP contribution in [-0.4, -0.2) is 23.2 Å². The Morgan fingerprint density at radius 3 is 2.93 bits per heavy atom. The Hall–Kier alpha value is -0.870. The first-order chi connectivity index (χ1) is 7.03. The van der Waals surface area contributed by atoms with Crippen LogP contribution in [0.15, 0.2) is 17.5 Å². The topological polar surface area (TPSA) is 49.3 Å². The normalized spacial score (nSPS) is 14.6. The van der Waals surface area contributed by atoms with Crippen molar-refractivity contribution in [1.82, 2.24) is 5.32 Å². The summed E-state index contributed by atoms with van der Waals surface area (Å²) in [4.78, 5) is 12.5. The molecule has 0 aliphatic rings. The molecule has 0 fully saturated rings. The van der Waals surface area contributed by atoms with Crippen molar-refractivity contribution in [3.05, 3.63) is 22.4 Å². The molecule has 0 spiro atoms. The van der Waals surface area contributed by atoms with Crippen LogP contribution in [0.25, 0.3) is 0 Å². The molecule has 0 aromatic carbocycles. The smallest absolute Gasteiger partial charge is 0.225 e. The molecule has 1 heterocycles. The lowest BCUT2D eigenvalue weighted by Crippen LogP contribution is -2.40. The second-order valence-electron chi connectivity index (χ2n) is 3.88. The van der Waals surface area contributed by atoms with Gasteiger partial charge in [-0.2, -0.15) is 0 Å². The third-order valence-electron chi connectivity index (χ3n) is 2.34. The van der Waals surface area contributed by atoms with E-state index in [4.69, 9.17) is 0 Å². The molecule has 1 amide bonds. The Bertz CT molecular complexity index is 306. The van der Waals surface area contributed by atoms with Crippen molar-refractivity contribution in [3.8, 4) is 0 Å². The van der Waals surface area contributed by atoms with Crippen LogP contribution in [0, 0.1) is 0 Å². The maximum absolute atomic E-state index is 11.5. The first-order valence-electron chi connectivity index (χ1n) is 5.05. The summed E-state index contributed by atoms with van der Waals surface area (Å²) in [6.07, 6.45) is 1.03. The summed E-state index contributed by atoms with van der Waals surface area (Å²) in [5.41, 5.74) is -0.800. The van der Waals surface area contributed by atoms with E-state index in [0.717, 1.165) is 4.88 Å². The van der Waals surface area contributed by atoms with E-state index in [1.54, 1.807) is 18.3 Å². The van der Waals surface area contributed by atoms with Gasteiger partial charge in [-0.15, -0.1) is 11.3 Å². The number of hydrogen-bond donors (Lipinski definition) is 2. The number of nitrogens with one attached hydrogen (secondary N) is 1. The lowest BCUT2D eigenvalue weighted by Gasteiger charge is -2.21. The van der Waals surface area contributed by atoms with Crippen molar-refractivity contribution in [2.24, 2.45) is 0 Å². The third-order valence-corrected chi connectivity index (χ3v) is 3.22. The number of aliphatic hydroxyl groups is 1. The fourth-order valence-electron chi connectivity index (χ4n) is 1.05. The van der Waals surface area contributed by atoms with Crippen molar-refractivity contribution < 1.29 is 9.90 Å². The van der Waals surface area contributed by atoms with Crippen LogP contribution < -0.4 is 5.32 Å². The average molecular weight is 227 g/mol. The zero-order chi connectivity index (χ0) is 11.3. The van der Waals surface area contributed by atoms with Crippen molar-refractivity contribution >= 4 is 17.2 Å². The predicted octanol–water partition coefficient (Wildman–Crippen LogP) is 1.57. The van der Waals surface area contributed by atoms with Gasteiger partial charge in [0, 0.05) is 11.4 Å². The van der Waals surface area contributed by atoms with Crippen LogP contribution in [0.3, 0.4) is 0 Å². The third kappa shape index (κ3) is 4.44. The summed E-state index contributed by atoms with van der Waals surface area (Å²) in [7, 11) is 0. The minimum Gasteiger partial charge on any atom is -0.388 e. The van der Waals surface area contributed by atoms with E-state index in [9.17, 15) is 9.90 Å². The molecule has 0 radical (unpaired) electrons. The van der Waals surface area contributed by atoms with Gasteiger partial charge in [-0.25, -0.2) is 0 Å². The Morgan fingerprint density at radius 2 is 2.40 bits per heavy atom. The van der Waals surface area contributed by atoms with Crippen LogP contribution >= 0.6 is 11.3 Å². The fraction of sp³-hybridized carbons (Fsp3) is 0.545. The molecule has 4 heteroatoms. The summed E-state index contributed by atoms with van der Waals surface area (Å²) < 4.78 is 0. The molecule has 0 saturated carbocycles. The Balaban J connectivity index is 2.31. The number of carbonyl (C=O) groups is 1. The van der Waals surface area contributed by atoms with E-state index in [0.29, 0.717) is 19.4 Å². The van der Waals surface area contributed by atoms with Crippen LogP contribution in [-0.2, 0) is 11.2 Å². The maximum atomic E-state index is 11.5. The molecule has 0 aliphatic carbocycles. The molecule has 84 valence electrons. The highest BCUT2D eigenvalue weighted by atomic mass is 32.1. The summed E-state index contributed by atoms with van der Waals surface area (Å²) in [5.74, 6) is -0.0359. The molecule has 1 rings (SSSR count). The maximum Gasteiger partial charge on any atom is 0.225 e. The SMILES string of the molecule is CCC(C)(O)CNC(=O)Cc1cccs1. The van der Waals surface area contributed by atoms with Crippen molar-refractivity contribution in [1.29, 1.82) is 0 Å². The predicted molar refractivity (Wildman–Crippen MR) is 61.9 cm³/mol. The number of thiophene rings is 1. The number of amides is 1. The first kappa shape index (κ1) is 12.2. The molecule has 0 aliphatic heterocycles. The average Bonchev–Trinajstić information content (AvgIpc) is 2.68. The van der Waals surface area contributed by atoms with Gasteiger partial charge in [0.25, 0.3) is 0 Å². The highest BCUT2D eigenvalue weighted by Gasteiger charge is 2.18. The molecule has 0 bridgehead atoms. The monoisotopic (exact) mass is 227 g/mol. The molecule has 15 heavy (non-hydrogen) atoms. The fourth-order valence-corrected chi connectivity index (χ4v) is 1.75. The van der Waals surface area contributed by atoms with Gasteiger partial charge < -0.3 is 10.4 Å². The molecule has 2 N–H and O–H groups in total. The van der Waals surface area contributed by atoms with Crippen LogP contribution in [0.4, 0.5) is 0 Å². The van der Waals surface area contributed by atoms with Crippen LogP contribution in [0.1, 0.15) is 25.1 Å². The molecule has 0 saturated heterocycles. The molecule has 3 nitrogen and oxygen atoms in total. The molecule has 1 unspecified atom stereocenters. The zero-order valence-electron chi connectivity index (χ0n) is 9.12. The summed E-state index contributed by atoms with van der Waals surface area (Å²) in [6, 6.07) is 3.86. The van der Waals surface area contributed by atoms with E-state index in [1.807, 2.05) is 24.4 Å². The molecular formula is C11H17NO2S. The number of rotatable bonds is 5. The van der Waals surface area contributed by atoms with E-state index >= 15 is 0 Å². The van der Waals surface area contributed by atoms with Crippen LogP contribution in [0.5, 0.6) is 0 Å². The summed E-state index contributed by atoms with van der Waals surface area (Å²) >= 11 is 1.57. The van der Waals surface area contributed by atoms with Gasteiger partial charge in [0.05, 0.1) is 12.0 Å².